The van der Waals surface area contributed by atoms with E-state index < -0.39 is 0 Å². The van der Waals surface area contributed by atoms with E-state index in [0.717, 1.165) is 6.42 Å². The Kier molecular flexibility index (Phi) is 4.37. The zero-order valence-corrected chi connectivity index (χ0v) is 10.6. The molecule has 1 unspecified atom stereocenters. The number of ether oxygens (including phenoxy) is 1. The number of likely N-dealkylation sites (tertiary alicyclic amines) is 1. The summed E-state index contributed by atoms with van der Waals surface area (Å²) >= 11 is 0. The van der Waals surface area contributed by atoms with E-state index in [0.29, 0.717) is 24.4 Å². The Morgan fingerprint density at radius 2 is 2.21 bits per heavy atom. The highest BCUT2D eigenvalue weighted by Crippen LogP contribution is 2.16. The van der Waals surface area contributed by atoms with Gasteiger partial charge in [-0.15, -0.1) is 0 Å². The molecular formula is C14H16N2O3. The summed E-state index contributed by atoms with van der Waals surface area (Å²) in [4.78, 5) is 13.6. The van der Waals surface area contributed by atoms with Crippen LogP contribution in [0.4, 0.5) is 0 Å². The summed E-state index contributed by atoms with van der Waals surface area (Å²) in [6.45, 7) is 1.40. The summed E-state index contributed by atoms with van der Waals surface area (Å²) in [5, 5.41) is 17.7. The Balaban J connectivity index is 1.82. The molecule has 1 aliphatic heterocycles. The summed E-state index contributed by atoms with van der Waals surface area (Å²) in [6.07, 6.45) is 0.846. The summed E-state index contributed by atoms with van der Waals surface area (Å²) < 4.78 is 5.39. The van der Waals surface area contributed by atoms with E-state index in [1.165, 1.54) is 0 Å². The molecule has 19 heavy (non-hydrogen) atoms. The maximum Gasteiger partial charge on any atom is 0.260 e. The minimum absolute atomic E-state index is 0.00987. The zero-order chi connectivity index (χ0) is 13.7. The standard InChI is InChI=1S/C14H16N2O3/c15-7-11-1-3-13(4-2-11)19-10-14(18)16-6-5-12(8-16)9-17/h1-4,12,17H,5-6,8-10H2. The van der Waals surface area contributed by atoms with E-state index in [-0.39, 0.29) is 25.0 Å². The Morgan fingerprint density at radius 3 is 2.79 bits per heavy atom. The topological polar surface area (TPSA) is 73.6 Å². The lowest BCUT2D eigenvalue weighted by atomic mass is 10.1. The molecule has 1 atom stereocenters. The van der Waals surface area contributed by atoms with Gasteiger partial charge in [0.1, 0.15) is 5.75 Å². The third kappa shape index (κ3) is 3.46. The van der Waals surface area contributed by atoms with Crippen molar-refractivity contribution in [1.29, 1.82) is 5.26 Å². The molecule has 2 rings (SSSR count). The number of benzene rings is 1. The second-order valence-electron chi connectivity index (χ2n) is 4.60. The van der Waals surface area contributed by atoms with Crippen molar-refractivity contribution in [2.24, 2.45) is 5.92 Å². The van der Waals surface area contributed by atoms with E-state index in [9.17, 15) is 4.79 Å². The van der Waals surface area contributed by atoms with E-state index in [4.69, 9.17) is 15.1 Å². The Bertz CT molecular complexity index is 478. The number of carbonyl (C=O) groups excluding carboxylic acids is 1. The summed E-state index contributed by atoms with van der Waals surface area (Å²) in [5.74, 6) is 0.699. The smallest absolute Gasteiger partial charge is 0.260 e. The van der Waals surface area contributed by atoms with Crippen molar-refractivity contribution in [3.05, 3.63) is 29.8 Å². The van der Waals surface area contributed by atoms with E-state index in [1.54, 1.807) is 29.2 Å². The van der Waals surface area contributed by atoms with Crippen LogP contribution < -0.4 is 4.74 Å². The van der Waals surface area contributed by atoms with Crippen LogP contribution in [0.1, 0.15) is 12.0 Å². The van der Waals surface area contributed by atoms with Gasteiger partial charge in [-0.2, -0.15) is 5.26 Å². The van der Waals surface area contributed by atoms with Crippen molar-refractivity contribution in [3.8, 4) is 11.8 Å². The first-order valence-corrected chi connectivity index (χ1v) is 6.24. The summed E-state index contributed by atoms with van der Waals surface area (Å²) in [7, 11) is 0. The molecule has 1 N–H and O–H groups in total. The average Bonchev–Trinajstić information content (AvgIpc) is 2.94. The molecule has 1 amide bonds. The van der Waals surface area contributed by atoms with Crippen molar-refractivity contribution in [3.63, 3.8) is 0 Å². The van der Waals surface area contributed by atoms with Crippen LogP contribution in [0, 0.1) is 17.2 Å². The van der Waals surface area contributed by atoms with Gasteiger partial charge in [0.25, 0.3) is 5.91 Å². The number of hydrogen-bond acceptors (Lipinski definition) is 4. The van der Waals surface area contributed by atoms with Gasteiger partial charge in [-0.25, -0.2) is 0 Å². The normalized spacial score (nSPS) is 18.1. The number of hydrogen-bond donors (Lipinski definition) is 1. The van der Waals surface area contributed by atoms with Crippen LogP contribution in [0.5, 0.6) is 5.75 Å². The minimum atomic E-state index is -0.0692. The molecule has 0 aromatic heterocycles. The van der Waals surface area contributed by atoms with Gasteiger partial charge in [-0.1, -0.05) is 0 Å². The van der Waals surface area contributed by atoms with Crippen LogP contribution >= 0.6 is 0 Å². The predicted octanol–water partition coefficient (Wildman–Crippen LogP) is 0.778. The van der Waals surface area contributed by atoms with Crippen LogP contribution in [0.15, 0.2) is 24.3 Å². The number of carbonyl (C=O) groups is 1. The molecule has 0 saturated carbocycles. The van der Waals surface area contributed by atoms with Crippen LogP contribution in [0.25, 0.3) is 0 Å². The first-order valence-electron chi connectivity index (χ1n) is 6.24. The zero-order valence-electron chi connectivity index (χ0n) is 10.6. The molecular weight excluding hydrogens is 244 g/mol. The second-order valence-corrected chi connectivity index (χ2v) is 4.60. The largest absolute Gasteiger partial charge is 0.484 e. The molecule has 1 saturated heterocycles. The van der Waals surface area contributed by atoms with Crippen LogP contribution in [0.3, 0.4) is 0 Å². The van der Waals surface area contributed by atoms with Gasteiger partial charge in [0.2, 0.25) is 0 Å². The maximum atomic E-state index is 11.9. The van der Waals surface area contributed by atoms with E-state index in [1.807, 2.05) is 6.07 Å². The molecule has 1 fully saturated rings. The summed E-state index contributed by atoms with van der Waals surface area (Å²) in [6, 6.07) is 8.67. The Hall–Kier alpha value is -2.06. The number of amides is 1. The van der Waals surface area contributed by atoms with Gasteiger partial charge in [-0.3, -0.25) is 4.79 Å². The van der Waals surface area contributed by atoms with Gasteiger partial charge < -0.3 is 14.7 Å². The average molecular weight is 260 g/mol. The Labute approximate surface area is 112 Å². The molecule has 1 aromatic carbocycles. The van der Waals surface area contributed by atoms with Crippen molar-refractivity contribution in [1.82, 2.24) is 4.90 Å². The second kappa shape index (κ2) is 6.21. The van der Waals surface area contributed by atoms with Crippen LogP contribution in [-0.4, -0.2) is 42.2 Å². The number of rotatable bonds is 4. The molecule has 5 nitrogen and oxygen atoms in total. The number of nitriles is 1. The lowest BCUT2D eigenvalue weighted by Crippen LogP contribution is -2.33. The highest BCUT2D eigenvalue weighted by Gasteiger charge is 2.25. The molecule has 0 aliphatic carbocycles. The highest BCUT2D eigenvalue weighted by atomic mass is 16.5. The van der Waals surface area contributed by atoms with Gasteiger partial charge in [0.15, 0.2) is 6.61 Å². The first-order chi connectivity index (χ1) is 9.22. The fourth-order valence-corrected chi connectivity index (χ4v) is 2.07. The van der Waals surface area contributed by atoms with Crippen molar-refractivity contribution in [2.45, 2.75) is 6.42 Å². The fraction of sp³-hybridized carbons (Fsp3) is 0.429. The highest BCUT2D eigenvalue weighted by molar-refractivity contribution is 5.78. The molecule has 0 spiro atoms. The maximum absolute atomic E-state index is 11.9. The van der Waals surface area contributed by atoms with Gasteiger partial charge in [0, 0.05) is 25.6 Å². The van der Waals surface area contributed by atoms with Gasteiger partial charge in [0.05, 0.1) is 11.6 Å². The van der Waals surface area contributed by atoms with E-state index >= 15 is 0 Å². The number of nitrogens with zero attached hydrogens (tertiary/aromatic N) is 2. The third-order valence-corrected chi connectivity index (χ3v) is 3.24. The van der Waals surface area contributed by atoms with Crippen molar-refractivity contribution in [2.75, 3.05) is 26.3 Å². The van der Waals surface area contributed by atoms with Gasteiger partial charge >= 0.3 is 0 Å². The SMILES string of the molecule is N#Cc1ccc(OCC(=O)N2CCC(CO)C2)cc1. The predicted molar refractivity (Wildman–Crippen MR) is 68.4 cm³/mol. The lowest BCUT2D eigenvalue weighted by Gasteiger charge is -2.16. The minimum Gasteiger partial charge on any atom is -0.484 e. The van der Waals surface area contributed by atoms with Crippen molar-refractivity contribution < 1.29 is 14.6 Å². The fourth-order valence-electron chi connectivity index (χ4n) is 2.07. The molecule has 1 heterocycles. The summed E-state index contributed by atoms with van der Waals surface area (Å²) in [5.41, 5.74) is 0.559. The van der Waals surface area contributed by atoms with E-state index in [2.05, 4.69) is 0 Å². The number of aliphatic hydroxyl groups is 1. The molecule has 1 aromatic rings. The quantitative estimate of drug-likeness (QED) is 0.868. The molecule has 1 aliphatic rings. The molecule has 5 heteroatoms. The molecule has 100 valence electrons. The van der Waals surface area contributed by atoms with Crippen LogP contribution in [-0.2, 0) is 4.79 Å². The van der Waals surface area contributed by atoms with Crippen LogP contribution in [0.2, 0.25) is 0 Å². The first kappa shape index (κ1) is 13.4. The lowest BCUT2D eigenvalue weighted by molar-refractivity contribution is -0.132. The molecule has 0 radical (unpaired) electrons. The third-order valence-electron chi connectivity index (χ3n) is 3.24. The monoisotopic (exact) mass is 260 g/mol. The van der Waals surface area contributed by atoms with Gasteiger partial charge in [-0.05, 0) is 30.7 Å². The Morgan fingerprint density at radius 1 is 1.47 bits per heavy atom. The van der Waals surface area contributed by atoms with Crippen molar-refractivity contribution >= 4 is 5.91 Å². The molecule has 0 bridgehead atoms. The number of aliphatic hydroxyl groups excluding tert-OH is 1.